The summed E-state index contributed by atoms with van der Waals surface area (Å²) in [4.78, 5) is 19.2. The van der Waals surface area contributed by atoms with Crippen LogP contribution in [0.5, 0.6) is 0 Å². The van der Waals surface area contributed by atoms with E-state index >= 15 is 0 Å². The topological polar surface area (TPSA) is 74.5 Å². The van der Waals surface area contributed by atoms with Gasteiger partial charge in [-0.2, -0.15) is 0 Å². The molecule has 1 aliphatic rings. The first-order chi connectivity index (χ1) is 9.47. The van der Waals surface area contributed by atoms with Gasteiger partial charge in [0.25, 0.3) is 5.69 Å². The summed E-state index contributed by atoms with van der Waals surface area (Å²) < 4.78 is 0. The van der Waals surface area contributed by atoms with Crippen LogP contribution in [-0.2, 0) is 0 Å². The van der Waals surface area contributed by atoms with E-state index in [2.05, 4.69) is 34.2 Å². The van der Waals surface area contributed by atoms with E-state index in [1.165, 1.54) is 6.07 Å². The first kappa shape index (κ1) is 14.7. The van der Waals surface area contributed by atoms with Gasteiger partial charge in [0.05, 0.1) is 4.92 Å². The first-order valence-corrected chi connectivity index (χ1v) is 6.72. The number of rotatable bonds is 4. The van der Waals surface area contributed by atoms with E-state index in [0.29, 0.717) is 17.6 Å². The van der Waals surface area contributed by atoms with Gasteiger partial charge in [-0.05, 0) is 27.1 Å². The number of likely N-dealkylation sites (N-methyl/N-ethyl adjacent to an activating group) is 2. The molecule has 1 aromatic rings. The van der Waals surface area contributed by atoms with Crippen molar-refractivity contribution in [3.05, 3.63) is 27.9 Å². The quantitative estimate of drug-likeness (QED) is 0.653. The number of anilines is 1. The van der Waals surface area contributed by atoms with Crippen LogP contribution in [0.15, 0.2) is 12.1 Å². The fourth-order valence-electron chi connectivity index (χ4n) is 2.39. The molecule has 0 aromatic carbocycles. The van der Waals surface area contributed by atoms with Crippen molar-refractivity contribution in [2.75, 3.05) is 45.6 Å². The maximum atomic E-state index is 10.8. The molecule has 1 aliphatic heterocycles. The Morgan fingerprint density at radius 2 is 2.20 bits per heavy atom. The molecule has 20 heavy (non-hydrogen) atoms. The molecule has 0 amide bonds. The summed E-state index contributed by atoms with van der Waals surface area (Å²) in [6.45, 7) is 5.59. The number of nitrogens with one attached hydrogen (secondary N) is 1. The number of pyridine rings is 1. The molecule has 1 saturated heterocycles. The van der Waals surface area contributed by atoms with Gasteiger partial charge in [-0.1, -0.05) is 0 Å². The van der Waals surface area contributed by atoms with Gasteiger partial charge in [0, 0.05) is 38.3 Å². The maximum absolute atomic E-state index is 10.8. The first-order valence-electron chi connectivity index (χ1n) is 6.72. The smallest absolute Gasteiger partial charge is 0.290 e. The Morgan fingerprint density at radius 1 is 1.45 bits per heavy atom. The second kappa shape index (κ2) is 6.15. The van der Waals surface area contributed by atoms with Gasteiger partial charge >= 0.3 is 0 Å². The van der Waals surface area contributed by atoms with Crippen molar-refractivity contribution in [2.45, 2.75) is 13.0 Å². The highest BCUT2D eigenvalue weighted by molar-refractivity contribution is 5.44. The summed E-state index contributed by atoms with van der Waals surface area (Å²) in [6, 6.07) is 3.59. The van der Waals surface area contributed by atoms with Crippen LogP contribution in [-0.4, -0.2) is 66.0 Å². The lowest BCUT2D eigenvalue weighted by atomic mass is 10.2. The maximum Gasteiger partial charge on any atom is 0.290 e. The van der Waals surface area contributed by atoms with E-state index in [1.807, 2.05) is 0 Å². The zero-order chi connectivity index (χ0) is 14.7. The molecule has 7 heteroatoms. The summed E-state index contributed by atoms with van der Waals surface area (Å²) in [5, 5.41) is 14.0. The Labute approximate surface area is 118 Å². The van der Waals surface area contributed by atoms with Gasteiger partial charge < -0.3 is 10.2 Å². The molecule has 0 saturated carbocycles. The van der Waals surface area contributed by atoms with E-state index in [4.69, 9.17) is 0 Å². The van der Waals surface area contributed by atoms with Crippen LogP contribution in [0.25, 0.3) is 0 Å². The van der Waals surface area contributed by atoms with Crippen LogP contribution in [0, 0.1) is 17.0 Å². The zero-order valence-electron chi connectivity index (χ0n) is 12.2. The van der Waals surface area contributed by atoms with Crippen molar-refractivity contribution in [3.63, 3.8) is 0 Å². The lowest BCUT2D eigenvalue weighted by Crippen LogP contribution is -2.52. The van der Waals surface area contributed by atoms with Gasteiger partial charge in [0.15, 0.2) is 0 Å². The minimum absolute atomic E-state index is 0.0602. The summed E-state index contributed by atoms with van der Waals surface area (Å²) in [5.41, 5.74) is 0.499. The number of hydrogen-bond donors (Lipinski definition) is 1. The van der Waals surface area contributed by atoms with Crippen molar-refractivity contribution in [1.29, 1.82) is 0 Å². The van der Waals surface area contributed by atoms with Crippen molar-refractivity contribution in [1.82, 2.24) is 14.8 Å². The van der Waals surface area contributed by atoms with Crippen molar-refractivity contribution >= 4 is 11.5 Å². The largest absolute Gasteiger partial charge is 0.368 e. The second-order valence-electron chi connectivity index (χ2n) is 5.34. The molecule has 1 atom stereocenters. The van der Waals surface area contributed by atoms with Crippen LogP contribution < -0.4 is 5.32 Å². The Hall–Kier alpha value is -1.73. The molecule has 110 valence electrons. The Balaban J connectivity index is 1.97. The van der Waals surface area contributed by atoms with E-state index < -0.39 is 4.92 Å². The number of aryl methyl sites for hydroxylation is 1. The zero-order valence-corrected chi connectivity index (χ0v) is 12.2. The molecule has 0 spiro atoms. The van der Waals surface area contributed by atoms with Crippen LogP contribution in [0.4, 0.5) is 11.5 Å². The summed E-state index contributed by atoms with van der Waals surface area (Å²) >= 11 is 0. The molecular weight excluding hydrogens is 258 g/mol. The van der Waals surface area contributed by atoms with Gasteiger partial charge in [0.2, 0.25) is 0 Å². The lowest BCUT2D eigenvalue weighted by molar-refractivity contribution is -0.385. The predicted octanol–water partition coefficient (Wildman–Crippen LogP) is 0.956. The van der Waals surface area contributed by atoms with E-state index in [0.717, 1.165) is 26.2 Å². The third kappa shape index (κ3) is 3.43. The molecular formula is C13H21N5O2. The minimum atomic E-state index is -0.407. The standard InChI is InChI=1S/C13H21N5O2/c1-10-12(18(19)20)4-5-13(15-10)14-8-11-9-16(2)6-7-17(11)3/h4-5,11H,6-9H2,1-3H3,(H,14,15). The number of hydrogen-bond acceptors (Lipinski definition) is 6. The molecule has 0 bridgehead atoms. The Morgan fingerprint density at radius 3 is 2.85 bits per heavy atom. The average molecular weight is 279 g/mol. The van der Waals surface area contributed by atoms with Gasteiger partial charge in [0.1, 0.15) is 11.5 Å². The fraction of sp³-hybridized carbons (Fsp3) is 0.615. The monoisotopic (exact) mass is 279 g/mol. The van der Waals surface area contributed by atoms with Gasteiger partial charge in [-0.3, -0.25) is 15.0 Å². The Bertz CT molecular complexity index is 494. The average Bonchev–Trinajstić information content (AvgIpc) is 2.39. The highest BCUT2D eigenvalue weighted by atomic mass is 16.6. The third-order valence-corrected chi connectivity index (χ3v) is 3.75. The van der Waals surface area contributed by atoms with Gasteiger partial charge in [-0.15, -0.1) is 0 Å². The summed E-state index contributed by atoms with van der Waals surface area (Å²) in [5.74, 6) is 0.690. The van der Waals surface area contributed by atoms with Crippen LogP contribution >= 0.6 is 0 Å². The predicted molar refractivity (Wildman–Crippen MR) is 78.0 cm³/mol. The number of nitrogens with zero attached hydrogens (tertiary/aromatic N) is 4. The molecule has 1 unspecified atom stereocenters. The van der Waals surface area contributed by atoms with Crippen molar-refractivity contribution in [2.24, 2.45) is 0 Å². The Kier molecular flexibility index (Phi) is 4.51. The van der Waals surface area contributed by atoms with E-state index in [-0.39, 0.29) is 5.69 Å². The number of aromatic nitrogens is 1. The minimum Gasteiger partial charge on any atom is -0.368 e. The van der Waals surface area contributed by atoms with Crippen LogP contribution in [0.2, 0.25) is 0 Å². The van der Waals surface area contributed by atoms with E-state index in [9.17, 15) is 10.1 Å². The number of nitro groups is 1. The summed E-state index contributed by atoms with van der Waals surface area (Å²) in [7, 11) is 4.24. The van der Waals surface area contributed by atoms with Crippen LogP contribution in [0.1, 0.15) is 5.69 Å². The molecule has 7 nitrogen and oxygen atoms in total. The lowest BCUT2D eigenvalue weighted by Gasteiger charge is -2.37. The number of piperazine rings is 1. The second-order valence-corrected chi connectivity index (χ2v) is 5.34. The molecule has 2 rings (SSSR count). The van der Waals surface area contributed by atoms with Gasteiger partial charge in [-0.25, -0.2) is 4.98 Å². The van der Waals surface area contributed by atoms with Crippen LogP contribution in [0.3, 0.4) is 0 Å². The fourth-order valence-corrected chi connectivity index (χ4v) is 2.39. The molecule has 1 N–H and O–H groups in total. The molecule has 1 fully saturated rings. The van der Waals surface area contributed by atoms with Crippen molar-refractivity contribution in [3.8, 4) is 0 Å². The normalized spacial score (nSPS) is 20.9. The highest BCUT2D eigenvalue weighted by Gasteiger charge is 2.22. The van der Waals surface area contributed by atoms with Crippen molar-refractivity contribution < 1.29 is 4.92 Å². The molecule has 1 aromatic heterocycles. The molecule has 2 heterocycles. The highest BCUT2D eigenvalue weighted by Crippen LogP contribution is 2.18. The SMILES string of the molecule is Cc1nc(NCC2CN(C)CCN2C)ccc1[N+](=O)[O-]. The third-order valence-electron chi connectivity index (χ3n) is 3.75. The van der Waals surface area contributed by atoms with E-state index in [1.54, 1.807) is 13.0 Å². The molecule has 0 aliphatic carbocycles. The summed E-state index contributed by atoms with van der Waals surface area (Å²) in [6.07, 6.45) is 0. The molecule has 0 radical (unpaired) electrons.